The molecule has 0 saturated carbocycles. The number of ether oxygens (including phenoxy) is 1. The summed E-state index contributed by atoms with van der Waals surface area (Å²) in [7, 11) is 0. The van der Waals surface area contributed by atoms with Crippen LogP contribution in [0.15, 0.2) is 11.1 Å². The highest BCUT2D eigenvalue weighted by atomic mass is 35.5. The van der Waals surface area contributed by atoms with Crippen LogP contribution in [0.2, 0.25) is 0 Å². The van der Waals surface area contributed by atoms with Gasteiger partial charge in [-0.2, -0.15) is 4.98 Å². The second kappa shape index (κ2) is 5.59. The molecule has 4 atom stereocenters. The molecule has 1 aliphatic heterocycles. The van der Waals surface area contributed by atoms with Gasteiger partial charge in [0.1, 0.15) is 6.10 Å². The lowest BCUT2D eigenvalue weighted by molar-refractivity contribution is -0.128. The minimum Gasteiger partial charge on any atom is -0.390 e. The number of nitrogens with zero attached hydrogens (tertiary/aromatic N) is 3. The third-order valence-corrected chi connectivity index (χ3v) is 4.15. The zero-order valence-corrected chi connectivity index (χ0v) is 13.5. The highest BCUT2D eigenvalue weighted by molar-refractivity contribution is 6.39. The fourth-order valence-corrected chi connectivity index (χ4v) is 2.99. The first-order valence-corrected chi connectivity index (χ1v) is 7.40. The normalized spacial score (nSPS) is 27.9. The number of rotatable bonds is 2. The average molecular weight is 352 g/mol. The topological polar surface area (TPSA) is 136 Å². The fourth-order valence-electron chi connectivity index (χ4n) is 2.63. The number of aromatic nitrogens is 4. The molecule has 1 fully saturated rings. The number of alkyl halides is 1. The van der Waals surface area contributed by atoms with Crippen LogP contribution in [0.4, 0.5) is 5.95 Å². The van der Waals surface area contributed by atoms with Gasteiger partial charge in [0, 0.05) is 0 Å². The van der Waals surface area contributed by atoms with Crippen LogP contribution < -0.4 is 11.3 Å². The molecule has 4 N–H and O–H groups in total. The minimum absolute atomic E-state index is 0.0178. The van der Waals surface area contributed by atoms with E-state index in [2.05, 4.69) is 26.8 Å². The van der Waals surface area contributed by atoms with Crippen molar-refractivity contribution in [2.45, 2.75) is 37.2 Å². The molecule has 1 unspecified atom stereocenters. The van der Waals surface area contributed by atoms with Gasteiger partial charge in [0.15, 0.2) is 17.4 Å². The summed E-state index contributed by atoms with van der Waals surface area (Å²) in [6, 6.07) is 0. The Morgan fingerprint density at radius 1 is 1.58 bits per heavy atom. The van der Waals surface area contributed by atoms with Gasteiger partial charge in [-0.15, -0.1) is 5.92 Å². The van der Waals surface area contributed by atoms with Gasteiger partial charge in [0.2, 0.25) is 16.6 Å². The molecule has 0 aromatic carbocycles. The van der Waals surface area contributed by atoms with E-state index in [1.807, 2.05) is 0 Å². The molecule has 0 radical (unpaired) electrons. The van der Waals surface area contributed by atoms with E-state index in [0.29, 0.717) is 0 Å². The number of halogens is 1. The third-order valence-electron chi connectivity index (χ3n) is 3.68. The van der Waals surface area contributed by atoms with E-state index < -0.39 is 34.7 Å². The maximum Gasteiger partial charge on any atom is 0.280 e. The summed E-state index contributed by atoms with van der Waals surface area (Å²) in [5, 5.41) is 9.77. The van der Waals surface area contributed by atoms with E-state index in [0.717, 1.165) is 0 Å². The number of H-pyrrole nitrogens is 1. The van der Waals surface area contributed by atoms with E-state index in [1.54, 1.807) is 0 Å². The maximum absolute atomic E-state index is 12.6. The number of imidazole rings is 1. The quantitative estimate of drug-likeness (QED) is 0.492. The fraction of sp³-hybridized carbons (Fsp3) is 0.429. The number of aliphatic hydroxyl groups excluding tert-OH is 1. The number of aliphatic hydroxyl groups is 1. The molecule has 2 aromatic rings. The molecule has 126 valence electrons. The number of aromatic amines is 1. The van der Waals surface area contributed by atoms with Gasteiger partial charge in [-0.05, 0) is 13.8 Å². The second-order valence-electron chi connectivity index (χ2n) is 5.38. The van der Waals surface area contributed by atoms with Crippen molar-refractivity contribution in [3.63, 3.8) is 0 Å². The van der Waals surface area contributed by atoms with Crippen LogP contribution in [-0.2, 0) is 9.53 Å². The molecule has 0 amide bonds. The molecule has 2 aromatic heterocycles. The van der Waals surface area contributed by atoms with Crippen LogP contribution in [0, 0.1) is 11.8 Å². The predicted octanol–water partition coefficient (Wildman–Crippen LogP) is -0.450. The Balaban J connectivity index is 2.22. The number of hydrogen-bond donors (Lipinski definition) is 3. The van der Waals surface area contributed by atoms with Crippen LogP contribution >= 0.6 is 11.6 Å². The van der Waals surface area contributed by atoms with Gasteiger partial charge >= 0.3 is 0 Å². The Labute approximate surface area is 140 Å². The van der Waals surface area contributed by atoms with Crippen molar-refractivity contribution in [2.24, 2.45) is 0 Å². The summed E-state index contributed by atoms with van der Waals surface area (Å²) in [6.45, 7) is 2.94. The van der Waals surface area contributed by atoms with E-state index in [1.165, 1.54) is 24.7 Å². The van der Waals surface area contributed by atoms with Crippen molar-refractivity contribution in [3.8, 4) is 11.8 Å². The van der Waals surface area contributed by atoms with E-state index in [9.17, 15) is 14.7 Å². The van der Waals surface area contributed by atoms with Gasteiger partial charge in [0.25, 0.3) is 5.56 Å². The smallest absolute Gasteiger partial charge is 0.280 e. The monoisotopic (exact) mass is 351 g/mol. The zero-order valence-electron chi connectivity index (χ0n) is 12.8. The number of carbonyl (C=O) groups excluding carboxylic acids is 1. The van der Waals surface area contributed by atoms with Crippen molar-refractivity contribution < 1.29 is 14.6 Å². The highest BCUT2D eigenvalue weighted by Gasteiger charge is 2.57. The highest BCUT2D eigenvalue weighted by Crippen LogP contribution is 2.42. The summed E-state index contributed by atoms with van der Waals surface area (Å²) >= 11 is 6.44. The van der Waals surface area contributed by atoms with Gasteiger partial charge in [-0.25, -0.2) is 4.98 Å². The Hall–Kier alpha value is -2.41. The van der Waals surface area contributed by atoms with E-state index in [4.69, 9.17) is 22.1 Å². The van der Waals surface area contributed by atoms with Crippen LogP contribution in [0.5, 0.6) is 0 Å². The van der Waals surface area contributed by atoms with Gasteiger partial charge in [0.05, 0.1) is 12.4 Å². The summed E-state index contributed by atoms with van der Waals surface area (Å²) in [4.78, 5) is 33.0. The minimum atomic E-state index is -1.75. The van der Waals surface area contributed by atoms with E-state index >= 15 is 0 Å². The van der Waals surface area contributed by atoms with Crippen LogP contribution in [-0.4, -0.2) is 47.5 Å². The van der Waals surface area contributed by atoms with Crippen molar-refractivity contribution in [1.29, 1.82) is 0 Å². The number of nitrogens with two attached hydrogens (primary N) is 1. The first kappa shape index (κ1) is 16.4. The van der Waals surface area contributed by atoms with Crippen LogP contribution in [0.3, 0.4) is 0 Å². The standard InChI is InChI=1S/C14H14ClN5O4/c1-3-4-14(15)9(22)8(6(2)21)24-12(14)20-5-17-7-10(20)18-13(16)19-11(7)23/h5-6,8,12,21H,1-2H3,(H3,16,18,19,23)/t6-,8-,12-,14?/m1/s1. The third kappa shape index (κ3) is 2.27. The molecule has 0 spiro atoms. The SMILES string of the molecule is CC#CC1(Cl)C(=O)[C@@H]([C@@H](C)O)O[C@H]1n1cnc2c(=O)[nH]c(N)nc21. The maximum atomic E-state index is 12.6. The predicted molar refractivity (Wildman–Crippen MR) is 85.2 cm³/mol. The van der Waals surface area contributed by atoms with Crippen LogP contribution in [0.25, 0.3) is 11.2 Å². The lowest BCUT2D eigenvalue weighted by Gasteiger charge is -2.21. The molecule has 10 heteroatoms. The first-order valence-electron chi connectivity index (χ1n) is 7.02. The van der Waals surface area contributed by atoms with Crippen molar-refractivity contribution >= 4 is 34.5 Å². The van der Waals surface area contributed by atoms with Crippen molar-refractivity contribution in [2.75, 3.05) is 5.73 Å². The number of anilines is 1. The Bertz CT molecular complexity index is 940. The lowest BCUT2D eigenvalue weighted by Crippen LogP contribution is -2.38. The number of ketones is 1. The molecule has 24 heavy (non-hydrogen) atoms. The summed E-state index contributed by atoms with van der Waals surface area (Å²) in [5.41, 5.74) is 5.15. The summed E-state index contributed by atoms with van der Waals surface area (Å²) in [6.07, 6.45) is -2.11. The number of fused-ring (bicyclic) bond motifs is 1. The Morgan fingerprint density at radius 3 is 2.92 bits per heavy atom. The first-order chi connectivity index (χ1) is 11.3. The molecular formula is C14H14ClN5O4. The number of carbonyl (C=O) groups is 1. The van der Waals surface area contributed by atoms with Crippen LogP contribution in [0.1, 0.15) is 20.1 Å². The second-order valence-corrected chi connectivity index (χ2v) is 5.97. The Kier molecular flexibility index (Phi) is 3.83. The van der Waals surface area contributed by atoms with Gasteiger partial charge in [-0.3, -0.25) is 19.1 Å². The molecule has 0 bridgehead atoms. The van der Waals surface area contributed by atoms with E-state index in [-0.39, 0.29) is 17.1 Å². The zero-order chi connectivity index (χ0) is 17.6. The number of Topliss-reactive ketones (excluding diaryl/α,β-unsaturated/α-hetero) is 1. The van der Waals surface area contributed by atoms with Crippen molar-refractivity contribution in [3.05, 3.63) is 16.7 Å². The molecule has 9 nitrogen and oxygen atoms in total. The summed E-state index contributed by atoms with van der Waals surface area (Å²) in [5.74, 6) is 4.53. The molecular weight excluding hydrogens is 338 g/mol. The number of hydrogen-bond acceptors (Lipinski definition) is 7. The lowest BCUT2D eigenvalue weighted by atomic mass is 9.98. The van der Waals surface area contributed by atoms with Gasteiger partial charge in [-0.1, -0.05) is 17.5 Å². The largest absolute Gasteiger partial charge is 0.390 e. The average Bonchev–Trinajstić information content (AvgIpc) is 3.00. The molecule has 3 rings (SSSR count). The molecule has 3 heterocycles. The number of nitrogen functional groups attached to an aromatic ring is 1. The molecule has 1 aliphatic rings. The van der Waals surface area contributed by atoms with Crippen molar-refractivity contribution in [1.82, 2.24) is 19.5 Å². The Morgan fingerprint density at radius 2 is 2.29 bits per heavy atom. The molecule has 0 aliphatic carbocycles. The summed E-state index contributed by atoms with van der Waals surface area (Å²) < 4.78 is 6.95. The van der Waals surface area contributed by atoms with Gasteiger partial charge < -0.3 is 15.6 Å². The number of nitrogens with one attached hydrogen (secondary N) is 1. The molecule has 1 saturated heterocycles.